The number of carbonyl (C=O) groups is 1. The summed E-state index contributed by atoms with van der Waals surface area (Å²) >= 11 is 0. The summed E-state index contributed by atoms with van der Waals surface area (Å²) in [7, 11) is 1.47. The van der Waals surface area contributed by atoms with E-state index in [4.69, 9.17) is 4.74 Å². The van der Waals surface area contributed by atoms with Crippen LogP contribution in [0.2, 0.25) is 0 Å². The lowest BCUT2D eigenvalue weighted by molar-refractivity contribution is -0.132. The number of halogens is 4. The van der Waals surface area contributed by atoms with Crippen molar-refractivity contribution in [3.05, 3.63) is 41.3 Å². The highest BCUT2D eigenvalue weighted by Crippen LogP contribution is 2.38. The summed E-state index contributed by atoms with van der Waals surface area (Å²) in [6, 6.07) is 5.73. The highest BCUT2D eigenvalue weighted by molar-refractivity contribution is 5.97. The van der Waals surface area contributed by atoms with Gasteiger partial charge in [0.1, 0.15) is 11.6 Å². The number of hydrogen-bond acceptors (Lipinski definition) is 2. The molecule has 8 heteroatoms. The van der Waals surface area contributed by atoms with E-state index in [1.807, 2.05) is 4.57 Å². The highest BCUT2D eigenvalue weighted by Gasteiger charge is 2.29. The van der Waals surface area contributed by atoms with Gasteiger partial charge in [0.15, 0.2) is 0 Å². The Balaban J connectivity index is 1.95. The van der Waals surface area contributed by atoms with Crippen LogP contribution in [-0.4, -0.2) is 30.3 Å². The molecule has 0 spiro atoms. The van der Waals surface area contributed by atoms with E-state index in [-0.39, 0.29) is 5.56 Å². The summed E-state index contributed by atoms with van der Waals surface area (Å²) in [6.07, 6.45) is -3.28. The Morgan fingerprint density at radius 2 is 2.00 bits per heavy atom. The number of rotatable bonds is 7. The van der Waals surface area contributed by atoms with Crippen LogP contribution in [-0.2, 0) is 6.54 Å². The van der Waals surface area contributed by atoms with Crippen molar-refractivity contribution in [2.75, 3.05) is 13.7 Å². The molecule has 0 unspecified atom stereocenters. The zero-order valence-electron chi connectivity index (χ0n) is 15.7. The van der Waals surface area contributed by atoms with Gasteiger partial charge in [0.2, 0.25) is 0 Å². The molecule has 1 N–H and O–H groups in total. The lowest BCUT2D eigenvalue weighted by Crippen LogP contribution is -2.28. The number of alkyl halides is 3. The zero-order valence-corrected chi connectivity index (χ0v) is 15.7. The molecule has 1 heterocycles. The first kappa shape index (κ1) is 20.2. The van der Waals surface area contributed by atoms with E-state index in [1.165, 1.54) is 25.3 Å². The fourth-order valence-electron chi connectivity index (χ4n) is 3.19. The molecule has 1 amide bonds. The monoisotopic (exact) mass is 398 g/mol. The topological polar surface area (TPSA) is 43.3 Å². The molecule has 1 aliphatic rings. The maximum absolute atomic E-state index is 13.9. The maximum Gasteiger partial charge on any atom is 0.390 e. The Kier molecular flexibility index (Phi) is 5.67. The molecule has 0 bridgehead atoms. The van der Waals surface area contributed by atoms with Crippen LogP contribution in [0.15, 0.2) is 24.3 Å². The molecule has 0 radical (unpaired) electrons. The minimum absolute atomic E-state index is 0.282. The van der Waals surface area contributed by atoms with Gasteiger partial charge < -0.3 is 14.6 Å². The van der Waals surface area contributed by atoms with Crippen LogP contribution in [0.1, 0.15) is 35.3 Å². The molecule has 152 valence electrons. The number of nitrogens with zero attached hydrogens (tertiary/aromatic N) is 1. The standard InChI is InChI=1S/C20H22F4N2O2/c1-12-15(19(27)25-8-7-20(22,23)24)10-17(26(12)11-13-3-4-13)16-9-14(21)5-6-18(16)28-2/h5-6,9-10,13H,3-4,7-8,11H2,1-2H3,(H,25,27). The third-order valence-corrected chi connectivity index (χ3v) is 4.88. The first-order chi connectivity index (χ1) is 13.2. The van der Waals surface area contributed by atoms with Crippen molar-refractivity contribution in [2.45, 2.75) is 38.9 Å². The van der Waals surface area contributed by atoms with Crippen LogP contribution >= 0.6 is 0 Å². The van der Waals surface area contributed by atoms with Gasteiger partial charge in [-0.3, -0.25) is 4.79 Å². The second-order valence-electron chi connectivity index (χ2n) is 7.05. The number of aromatic nitrogens is 1. The van der Waals surface area contributed by atoms with Gasteiger partial charge in [-0.05, 0) is 49.9 Å². The molecule has 1 saturated carbocycles. The molecule has 0 aliphatic heterocycles. The van der Waals surface area contributed by atoms with E-state index in [9.17, 15) is 22.4 Å². The summed E-state index contributed by atoms with van der Waals surface area (Å²) in [6.45, 7) is 1.92. The molecule has 1 aromatic heterocycles. The number of amides is 1. The van der Waals surface area contributed by atoms with Crippen molar-refractivity contribution in [1.29, 1.82) is 0 Å². The van der Waals surface area contributed by atoms with E-state index in [2.05, 4.69) is 5.32 Å². The summed E-state index contributed by atoms with van der Waals surface area (Å²) < 4.78 is 58.2. The van der Waals surface area contributed by atoms with Crippen LogP contribution in [0.4, 0.5) is 17.6 Å². The number of benzene rings is 1. The lowest BCUT2D eigenvalue weighted by atomic mass is 10.1. The van der Waals surface area contributed by atoms with Gasteiger partial charge in [-0.2, -0.15) is 13.2 Å². The molecule has 2 aromatic rings. The molecule has 0 saturated heterocycles. The van der Waals surface area contributed by atoms with Gasteiger partial charge in [-0.25, -0.2) is 4.39 Å². The Morgan fingerprint density at radius 1 is 1.29 bits per heavy atom. The van der Waals surface area contributed by atoms with Crippen LogP contribution in [0.3, 0.4) is 0 Å². The van der Waals surface area contributed by atoms with E-state index in [0.717, 1.165) is 12.8 Å². The number of carbonyl (C=O) groups excluding carboxylic acids is 1. The van der Waals surface area contributed by atoms with Crippen LogP contribution in [0.25, 0.3) is 11.3 Å². The first-order valence-corrected chi connectivity index (χ1v) is 9.08. The molecule has 4 nitrogen and oxygen atoms in total. The molecule has 3 rings (SSSR count). The number of hydrogen-bond donors (Lipinski definition) is 1. The Hall–Kier alpha value is -2.51. The lowest BCUT2D eigenvalue weighted by Gasteiger charge is -2.14. The largest absolute Gasteiger partial charge is 0.496 e. The zero-order chi connectivity index (χ0) is 20.5. The highest BCUT2D eigenvalue weighted by atomic mass is 19.4. The quantitative estimate of drug-likeness (QED) is 0.687. The second kappa shape index (κ2) is 7.85. The molecule has 1 aliphatic carbocycles. The molecular formula is C20H22F4N2O2. The van der Waals surface area contributed by atoms with Gasteiger partial charge in [-0.15, -0.1) is 0 Å². The third kappa shape index (κ3) is 4.66. The van der Waals surface area contributed by atoms with Crippen molar-refractivity contribution in [1.82, 2.24) is 9.88 Å². The molecule has 0 atom stereocenters. The molecule has 28 heavy (non-hydrogen) atoms. The van der Waals surface area contributed by atoms with Crippen LogP contribution in [0, 0.1) is 18.7 Å². The average molecular weight is 398 g/mol. The van der Waals surface area contributed by atoms with E-state index < -0.39 is 30.9 Å². The predicted molar refractivity (Wildman–Crippen MR) is 96.8 cm³/mol. The first-order valence-electron chi connectivity index (χ1n) is 9.08. The van der Waals surface area contributed by atoms with E-state index in [0.29, 0.717) is 35.2 Å². The minimum Gasteiger partial charge on any atom is -0.496 e. The summed E-state index contributed by atoms with van der Waals surface area (Å²) in [4.78, 5) is 12.5. The summed E-state index contributed by atoms with van der Waals surface area (Å²) in [5, 5.41) is 2.32. The summed E-state index contributed by atoms with van der Waals surface area (Å²) in [5.74, 6) is -0.0813. The molecule has 1 fully saturated rings. The smallest absolute Gasteiger partial charge is 0.390 e. The van der Waals surface area contributed by atoms with Gasteiger partial charge in [0.05, 0.1) is 24.8 Å². The fraction of sp³-hybridized carbons (Fsp3) is 0.450. The van der Waals surface area contributed by atoms with Gasteiger partial charge in [-0.1, -0.05) is 0 Å². The SMILES string of the molecule is COc1ccc(F)cc1-c1cc(C(=O)NCCC(F)(F)F)c(C)n1CC1CC1. The number of ether oxygens (including phenoxy) is 1. The Labute approximate surface area is 160 Å². The normalized spacial score (nSPS) is 14.2. The van der Waals surface area contributed by atoms with E-state index >= 15 is 0 Å². The van der Waals surface area contributed by atoms with Crippen molar-refractivity contribution >= 4 is 5.91 Å². The van der Waals surface area contributed by atoms with Gasteiger partial charge in [0.25, 0.3) is 5.91 Å². The van der Waals surface area contributed by atoms with Crippen molar-refractivity contribution < 1.29 is 27.1 Å². The third-order valence-electron chi connectivity index (χ3n) is 4.88. The number of nitrogens with one attached hydrogen (secondary N) is 1. The van der Waals surface area contributed by atoms with Crippen molar-refractivity contribution in [2.24, 2.45) is 5.92 Å². The van der Waals surface area contributed by atoms with Crippen molar-refractivity contribution in [3.8, 4) is 17.0 Å². The van der Waals surface area contributed by atoms with Crippen LogP contribution in [0.5, 0.6) is 5.75 Å². The van der Waals surface area contributed by atoms with Crippen LogP contribution < -0.4 is 10.1 Å². The Bertz CT molecular complexity index is 870. The van der Waals surface area contributed by atoms with Crippen molar-refractivity contribution in [3.63, 3.8) is 0 Å². The summed E-state index contributed by atoms with van der Waals surface area (Å²) in [5.41, 5.74) is 2.03. The average Bonchev–Trinajstić information content (AvgIpc) is 3.37. The minimum atomic E-state index is -4.33. The fourth-order valence-corrected chi connectivity index (χ4v) is 3.19. The van der Waals surface area contributed by atoms with Gasteiger partial charge in [0, 0.05) is 24.3 Å². The van der Waals surface area contributed by atoms with Gasteiger partial charge >= 0.3 is 6.18 Å². The predicted octanol–water partition coefficient (Wildman–Crippen LogP) is 4.70. The van der Waals surface area contributed by atoms with E-state index in [1.54, 1.807) is 13.0 Å². The Morgan fingerprint density at radius 3 is 2.61 bits per heavy atom. The molecule has 1 aromatic carbocycles. The number of methoxy groups -OCH3 is 1. The molecular weight excluding hydrogens is 376 g/mol. The maximum atomic E-state index is 13.9. The second-order valence-corrected chi connectivity index (χ2v) is 7.05.